The van der Waals surface area contributed by atoms with E-state index < -0.39 is 4.92 Å². The molecule has 0 aliphatic heterocycles. The first kappa shape index (κ1) is 17.6. The topological polar surface area (TPSA) is 85.8 Å². The number of ether oxygens (including phenoxy) is 1. The van der Waals surface area contributed by atoms with Crippen molar-refractivity contribution in [1.29, 1.82) is 0 Å². The summed E-state index contributed by atoms with van der Waals surface area (Å²) >= 11 is 0. The Morgan fingerprint density at radius 3 is 2.88 bits per heavy atom. The Morgan fingerprint density at radius 2 is 2.29 bits per heavy atom. The van der Waals surface area contributed by atoms with Crippen LogP contribution in [0.1, 0.15) is 12.2 Å². The normalized spacial score (nSPS) is 16.2. The predicted octanol–water partition coefficient (Wildman–Crippen LogP) is 2.21. The van der Waals surface area contributed by atoms with Crippen LogP contribution in [0.2, 0.25) is 0 Å². The van der Waals surface area contributed by atoms with Gasteiger partial charge in [-0.15, -0.1) is 0 Å². The maximum absolute atomic E-state index is 10.8. The Bertz CT molecular complexity index is 713. The maximum atomic E-state index is 10.8. The molecule has 0 spiro atoms. The van der Waals surface area contributed by atoms with Crippen LogP contribution in [-0.4, -0.2) is 45.7 Å². The first-order chi connectivity index (χ1) is 11.5. The van der Waals surface area contributed by atoms with E-state index in [1.807, 2.05) is 38.4 Å². The average Bonchev–Trinajstić information content (AvgIpc) is 2.91. The van der Waals surface area contributed by atoms with E-state index in [1.165, 1.54) is 10.8 Å². The van der Waals surface area contributed by atoms with Crippen LogP contribution in [0.4, 0.5) is 5.82 Å². The fourth-order valence-corrected chi connectivity index (χ4v) is 2.02. The Balaban J connectivity index is 1.86. The molecule has 0 saturated carbocycles. The number of nitro groups is 1. The second-order valence-electron chi connectivity index (χ2n) is 5.55. The zero-order chi connectivity index (χ0) is 17.5. The van der Waals surface area contributed by atoms with E-state index in [9.17, 15) is 10.1 Å². The second-order valence-corrected chi connectivity index (χ2v) is 5.55. The van der Waals surface area contributed by atoms with E-state index in [4.69, 9.17) is 4.74 Å². The molecule has 0 amide bonds. The minimum absolute atomic E-state index is 0.0549. The van der Waals surface area contributed by atoms with Gasteiger partial charge in [0, 0.05) is 24.9 Å². The van der Waals surface area contributed by atoms with Crippen LogP contribution < -0.4 is 0 Å². The molecule has 0 atom stereocenters. The van der Waals surface area contributed by atoms with Crippen molar-refractivity contribution in [2.75, 3.05) is 20.6 Å². The number of rotatable bonds is 7. The molecule has 1 heterocycles. The van der Waals surface area contributed by atoms with Gasteiger partial charge in [-0.25, -0.2) is 9.55 Å². The lowest BCUT2D eigenvalue weighted by molar-refractivity contribution is -0.391. The van der Waals surface area contributed by atoms with Crippen molar-refractivity contribution in [1.82, 2.24) is 14.5 Å². The summed E-state index contributed by atoms with van der Waals surface area (Å²) in [5, 5.41) is 10.8. The molecule has 2 rings (SSSR count). The summed E-state index contributed by atoms with van der Waals surface area (Å²) in [4.78, 5) is 20.8. The standard InChI is InChI=1S/C16H21N5O3/c1-19(2)10-4-9-17-13-5-7-14(8-6-13)24-12-15-18-11-16(20(15)3)21(22)23/h4-5,7-9,11H,6,10,12H2,1-3H3. The van der Waals surface area contributed by atoms with Gasteiger partial charge in [-0.3, -0.25) is 4.99 Å². The fraction of sp³-hybridized carbons (Fsp3) is 0.375. The van der Waals surface area contributed by atoms with Gasteiger partial charge in [0.2, 0.25) is 5.82 Å². The highest BCUT2D eigenvalue weighted by Gasteiger charge is 2.17. The number of likely N-dealkylation sites (N-methyl/N-ethyl adjacent to an activating group) is 1. The van der Waals surface area contributed by atoms with Crippen LogP contribution in [0, 0.1) is 10.1 Å². The number of allylic oxidation sites excluding steroid dienone is 3. The van der Waals surface area contributed by atoms with Crippen molar-refractivity contribution in [2.45, 2.75) is 13.0 Å². The summed E-state index contributed by atoms with van der Waals surface area (Å²) in [6.45, 7) is 1.02. The largest absolute Gasteiger partial charge is 0.484 e. The van der Waals surface area contributed by atoms with Crippen molar-refractivity contribution in [2.24, 2.45) is 12.0 Å². The number of aliphatic imine (C=N–C) groups is 1. The van der Waals surface area contributed by atoms with Crippen molar-refractivity contribution < 1.29 is 9.66 Å². The first-order valence-corrected chi connectivity index (χ1v) is 7.50. The van der Waals surface area contributed by atoms with Gasteiger partial charge in [0.1, 0.15) is 12.0 Å². The molecule has 24 heavy (non-hydrogen) atoms. The smallest absolute Gasteiger partial charge is 0.342 e. The predicted molar refractivity (Wildman–Crippen MR) is 91.6 cm³/mol. The molecular weight excluding hydrogens is 310 g/mol. The van der Waals surface area contributed by atoms with Gasteiger partial charge in [-0.05, 0) is 37.2 Å². The van der Waals surface area contributed by atoms with Gasteiger partial charge in [0.15, 0.2) is 6.61 Å². The number of imidazole rings is 1. The van der Waals surface area contributed by atoms with Crippen molar-refractivity contribution >= 4 is 11.5 Å². The van der Waals surface area contributed by atoms with Crippen LogP contribution >= 0.6 is 0 Å². The summed E-state index contributed by atoms with van der Waals surface area (Å²) < 4.78 is 7.05. The van der Waals surface area contributed by atoms with Crippen molar-refractivity contribution in [3.8, 4) is 0 Å². The maximum Gasteiger partial charge on any atom is 0.342 e. The van der Waals surface area contributed by atoms with E-state index in [-0.39, 0.29) is 12.4 Å². The minimum Gasteiger partial charge on any atom is -0.484 e. The zero-order valence-electron chi connectivity index (χ0n) is 14.0. The van der Waals surface area contributed by atoms with Gasteiger partial charge in [0.05, 0.1) is 7.05 Å². The molecule has 0 unspecified atom stereocenters. The van der Waals surface area contributed by atoms with Gasteiger partial charge in [0.25, 0.3) is 0 Å². The zero-order valence-corrected chi connectivity index (χ0v) is 14.0. The molecule has 0 N–H and O–H groups in total. The molecule has 1 aromatic heterocycles. The van der Waals surface area contributed by atoms with Crippen molar-refractivity contribution in [3.63, 3.8) is 0 Å². The van der Waals surface area contributed by atoms with E-state index in [0.29, 0.717) is 18.0 Å². The molecule has 0 fully saturated rings. The molecule has 1 aromatic rings. The molecule has 1 aliphatic carbocycles. The van der Waals surface area contributed by atoms with Crippen LogP contribution in [0.15, 0.2) is 47.5 Å². The lowest BCUT2D eigenvalue weighted by atomic mass is 10.1. The van der Waals surface area contributed by atoms with Crippen LogP contribution in [0.5, 0.6) is 0 Å². The summed E-state index contributed by atoms with van der Waals surface area (Å²) in [5.41, 5.74) is 0.949. The summed E-state index contributed by atoms with van der Waals surface area (Å²) in [7, 11) is 5.60. The van der Waals surface area contributed by atoms with Crippen LogP contribution in [0.3, 0.4) is 0 Å². The van der Waals surface area contributed by atoms with Gasteiger partial charge >= 0.3 is 5.82 Å². The highest BCUT2D eigenvalue weighted by molar-refractivity contribution is 5.97. The molecule has 0 saturated heterocycles. The van der Waals surface area contributed by atoms with Gasteiger partial charge in [-0.1, -0.05) is 6.08 Å². The van der Waals surface area contributed by atoms with E-state index in [2.05, 4.69) is 14.9 Å². The monoisotopic (exact) mass is 331 g/mol. The molecule has 0 bridgehead atoms. The molecule has 1 aliphatic rings. The Labute approximate surface area is 140 Å². The van der Waals surface area contributed by atoms with Crippen LogP contribution in [-0.2, 0) is 18.4 Å². The summed E-state index contributed by atoms with van der Waals surface area (Å²) in [6, 6.07) is 0. The molecule has 0 radical (unpaired) electrons. The lowest BCUT2D eigenvalue weighted by Gasteiger charge is -2.09. The minimum atomic E-state index is -0.469. The molecule has 0 aromatic carbocycles. The van der Waals surface area contributed by atoms with Gasteiger partial charge < -0.3 is 19.8 Å². The third kappa shape index (κ3) is 4.88. The highest BCUT2D eigenvalue weighted by atomic mass is 16.6. The Hall–Kier alpha value is -2.74. The number of hydrogen-bond acceptors (Lipinski definition) is 6. The third-order valence-corrected chi connectivity index (χ3v) is 3.38. The average molecular weight is 331 g/mol. The first-order valence-electron chi connectivity index (χ1n) is 7.50. The van der Waals surface area contributed by atoms with E-state index >= 15 is 0 Å². The Morgan fingerprint density at radius 1 is 1.50 bits per heavy atom. The molecule has 8 nitrogen and oxygen atoms in total. The van der Waals surface area contributed by atoms with E-state index in [1.54, 1.807) is 13.2 Å². The molecule has 128 valence electrons. The SMILES string of the molecule is CN(C)CC=CN=C1C=CC(OCc2ncc([N+](=O)[O-])n2C)=CC1. The quantitative estimate of drug-likeness (QED) is 0.565. The second kappa shape index (κ2) is 8.21. The molecular formula is C16H21N5O3. The van der Waals surface area contributed by atoms with Crippen molar-refractivity contribution in [3.05, 3.63) is 58.4 Å². The number of hydrogen-bond donors (Lipinski definition) is 0. The summed E-state index contributed by atoms with van der Waals surface area (Å²) in [6.07, 6.45) is 11.4. The lowest BCUT2D eigenvalue weighted by Crippen LogP contribution is -2.10. The van der Waals surface area contributed by atoms with E-state index in [0.717, 1.165) is 12.3 Å². The highest BCUT2D eigenvalue weighted by Crippen LogP contribution is 2.16. The third-order valence-electron chi connectivity index (χ3n) is 3.38. The van der Waals surface area contributed by atoms with Gasteiger partial charge in [-0.2, -0.15) is 0 Å². The fourth-order valence-electron chi connectivity index (χ4n) is 2.02. The number of aromatic nitrogens is 2. The Kier molecular flexibility index (Phi) is 6.02. The number of nitrogens with zero attached hydrogens (tertiary/aromatic N) is 5. The van der Waals surface area contributed by atoms with Crippen LogP contribution in [0.25, 0.3) is 0 Å². The summed E-state index contributed by atoms with van der Waals surface area (Å²) in [5.74, 6) is 1.15. The molecule has 8 heteroatoms.